The van der Waals surface area contributed by atoms with Crippen LogP contribution in [0.3, 0.4) is 0 Å². The molecule has 2 heterocycles. The van der Waals surface area contributed by atoms with Gasteiger partial charge in [-0.3, -0.25) is 5.10 Å². The summed E-state index contributed by atoms with van der Waals surface area (Å²) in [6.45, 7) is 2.09. The zero-order valence-corrected chi connectivity index (χ0v) is 13.1. The number of H-pyrrole nitrogens is 1. The smallest absolute Gasteiger partial charge is 0.328 e. The Balaban J connectivity index is 0.000000261. The fraction of sp³-hybridized carbons (Fsp3) is 0.385. The van der Waals surface area contributed by atoms with E-state index in [0.717, 1.165) is 30.5 Å². The van der Waals surface area contributed by atoms with Crippen molar-refractivity contribution in [2.45, 2.75) is 11.6 Å². The summed E-state index contributed by atoms with van der Waals surface area (Å²) in [6, 6.07) is 0. The lowest BCUT2D eigenvalue weighted by molar-refractivity contribution is -0.134. The Morgan fingerprint density at radius 1 is 1.36 bits per heavy atom. The number of aromatic amines is 1. The van der Waals surface area contributed by atoms with Gasteiger partial charge in [0, 0.05) is 30.8 Å². The van der Waals surface area contributed by atoms with Crippen molar-refractivity contribution in [3.8, 4) is 0 Å². The van der Waals surface area contributed by atoms with Crippen LogP contribution in [-0.2, 0) is 9.59 Å². The van der Waals surface area contributed by atoms with Crippen molar-refractivity contribution in [3.63, 3.8) is 0 Å². The predicted octanol–water partition coefficient (Wildman–Crippen LogP) is 0.957. The van der Waals surface area contributed by atoms with Gasteiger partial charge >= 0.3 is 11.9 Å². The highest BCUT2D eigenvalue weighted by atomic mass is 32.2. The molecule has 1 aromatic heterocycles. The molecule has 2 rings (SSSR count). The van der Waals surface area contributed by atoms with E-state index in [1.165, 1.54) is 5.57 Å². The minimum absolute atomic E-state index is 0.558. The van der Waals surface area contributed by atoms with Gasteiger partial charge in [-0.15, -0.1) is 5.10 Å². The topological polar surface area (TPSA) is 119 Å². The number of rotatable bonds is 4. The quantitative estimate of drug-likeness (QED) is 0.553. The molecular weight excluding hydrogens is 308 g/mol. The number of thioether (sulfide) groups is 1. The molecule has 22 heavy (non-hydrogen) atoms. The van der Waals surface area contributed by atoms with Crippen molar-refractivity contribution in [2.75, 3.05) is 26.4 Å². The van der Waals surface area contributed by atoms with Crippen molar-refractivity contribution >= 4 is 29.3 Å². The molecule has 1 aliphatic heterocycles. The maximum absolute atomic E-state index is 9.55. The van der Waals surface area contributed by atoms with Gasteiger partial charge in [-0.2, -0.15) is 0 Å². The molecule has 1 aliphatic rings. The Kier molecular flexibility index (Phi) is 7.33. The highest BCUT2D eigenvalue weighted by Crippen LogP contribution is 2.18. The van der Waals surface area contributed by atoms with Gasteiger partial charge < -0.3 is 15.1 Å². The molecule has 8 nitrogen and oxygen atoms in total. The van der Waals surface area contributed by atoms with Crippen molar-refractivity contribution in [1.82, 2.24) is 20.1 Å². The minimum atomic E-state index is -1.26. The molecule has 0 aromatic carbocycles. The first kappa shape index (κ1) is 17.9. The average molecular weight is 326 g/mol. The van der Waals surface area contributed by atoms with Gasteiger partial charge in [0.05, 0.1) is 0 Å². The van der Waals surface area contributed by atoms with E-state index >= 15 is 0 Å². The van der Waals surface area contributed by atoms with E-state index in [2.05, 4.69) is 33.2 Å². The van der Waals surface area contributed by atoms with E-state index in [1.807, 2.05) is 6.26 Å². The summed E-state index contributed by atoms with van der Waals surface area (Å²) in [5.41, 5.74) is 1.26. The van der Waals surface area contributed by atoms with Gasteiger partial charge in [0.15, 0.2) is 5.82 Å². The SMILES string of the molecule is CSc1n[nH]c(C2=CCCN(C)C2)n1.O=C(O)/C=C/C(=O)O. The Labute approximate surface area is 131 Å². The average Bonchev–Trinajstić information content (AvgIpc) is 2.95. The minimum Gasteiger partial charge on any atom is -0.478 e. The number of hydrogen-bond donors (Lipinski definition) is 3. The summed E-state index contributed by atoms with van der Waals surface area (Å²) in [5, 5.41) is 23.5. The molecule has 0 amide bonds. The number of aliphatic carboxylic acids is 2. The van der Waals surface area contributed by atoms with Crippen molar-refractivity contribution in [2.24, 2.45) is 0 Å². The van der Waals surface area contributed by atoms with Crippen molar-refractivity contribution < 1.29 is 19.8 Å². The summed E-state index contributed by atoms with van der Waals surface area (Å²) in [6.07, 6.45) is 6.44. The van der Waals surface area contributed by atoms with Gasteiger partial charge in [-0.1, -0.05) is 17.8 Å². The Morgan fingerprint density at radius 2 is 2.00 bits per heavy atom. The van der Waals surface area contributed by atoms with Gasteiger partial charge in [0.25, 0.3) is 0 Å². The molecule has 0 spiro atoms. The van der Waals surface area contributed by atoms with E-state index in [0.29, 0.717) is 12.2 Å². The number of carbonyl (C=O) groups is 2. The van der Waals surface area contributed by atoms with Crippen molar-refractivity contribution in [1.29, 1.82) is 0 Å². The summed E-state index contributed by atoms with van der Waals surface area (Å²) in [5.74, 6) is -1.60. The summed E-state index contributed by atoms with van der Waals surface area (Å²) in [4.78, 5) is 25.8. The molecule has 0 fully saturated rings. The van der Waals surface area contributed by atoms with Gasteiger partial charge in [0.1, 0.15) is 0 Å². The van der Waals surface area contributed by atoms with Gasteiger partial charge in [-0.05, 0) is 19.7 Å². The molecule has 0 saturated carbocycles. The monoisotopic (exact) mass is 326 g/mol. The van der Waals surface area contributed by atoms with E-state index in [-0.39, 0.29) is 0 Å². The first-order valence-corrected chi connectivity index (χ1v) is 7.63. The molecule has 0 atom stereocenters. The maximum Gasteiger partial charge on any atom is 0.328 e. The molecule has 0 bridgehead atoms. The standard InChI is InChI=1S/C9H14N4S.C4H4O4/c1-13-5-3-4-7(6-13)8-10-9(14-2)12-11-8;5-3(6)1-2-4(7)8/h4H,3,5-6H2,1-2H3,(H,10,11,12);1-2H,(H,5,6)(H,7,8)/b;2-1+. The van der Waals surface area contributed by atoms with Crippen LogP contribution in [0.25, 0.3) is 5.57 Å². The number of nitrogens with one attached hydrogen (secondary N) is 1. The zero-order valence-electron chi connectivity index (χ0n) is 12.3. The van der Waals surface area contributed by atoms with Crippen LogP contribution in [-0.4, -0.2) is 68.6 Å². The van der Waals surface area contributed by atoms with Crippen LogP contribution >= 0.6 is 11.8 Å². The Hall–Kier alpha value is -2.13. The number of aromatic nitrogens is 3. The van der Waals surface area contributed by atoms with E-state index in [1.54, 1.807) is 11.8 Å². The fourth-order valence-electron chi connectivity index (χ4n) is 1.69. The lowest BCUT2D eigenvalue weighted by Crippen LogP contribution is -2.25. The molecule has 0 aliphatic carbocycles. The molecule has 3 N–H and O–H groups in total. The third-order valence-corrected chi connectivity index (χ3v) is 3.21. The largest absolute Gasteiger partial charge is 0.478 e. The third kappa shape index (κ3) is 6.55. The van der Waals surface area contributed by atoms with Crippen LogP contribution in [0.4, 0.5) is 0 Å². The maximum atomic E-state index is 9.55. The van der Waals surface area contributed by atoms with E-state index < -0.39 is 11.9 Å². The molecule has 9 heteroatoms. The van der Waals surface area contributed by atoms with Crippen molar-refractivity contribution in [3.05, 3.63) is 24.1 Å². The second kappa shape index (κ2) is 9.00. The van der Waals surface area contributed by atoms with Gasteiger partial charge in [0.2, 0.25) is 5.16 Å². The van der Waals surface area contributed by atoms with E-state index in [9.17, 15) is 9.59 Å². The number of nitrogens with zero attached hydrogens (tertiary/aromatic N) is 3. The summed E-state index contributed by atoms with van der Waals surface area (Å²) in [7, 11) is 2.12. The molecule has 0 radical (unpaired) electrons. The van der Waals surface area contributed by atoms with Gasteiger partial charge in [-0.25, -0.2) is 14.6 Å². The van der Waals surface area contributed by atoms with E-state index in [4.69, 9.17) is 10.2 Å². The first-order chi connectivity index (χ1) is 10.4. The molecular formula is C13H18N4O4S. The van der Waals surface area contributed by atoms with Crippen LogP contribution in [0.15, 0.2) is 23.4 Å². The highest BCUT2D eigenvalue weighted by Gasteiger charge is 2.13. The molecule has 1 aromatic rings. The Morgan fingerprint density at radius 3 is 2.45 bits per heavy atom. The third-order valence-electron chi connectivity index (χ3n) is 2.66. The van der Waals surface area contributed by atoms with Crippen LogP contribution < -0.4 is 0 Å². The molecule has 0 saturated heterocycles. The van der Waals surface area contributed by atoms with Crippen LogP contribution in [0, 0.1) is 0 Å². The zero-order chi connectivity index (χ0) is 16.5. The molecule has 120 valence electrons. The lowest BCUT2D eigenvalue weighted by Gasteiger charge is -2.21. The number of hydrogen-bond acceptors (Lipinski definition) is 6. The number of carboxylic acids is 2. The predicted molar refractivity (Wildman–Crippen MR) is 82.7 cm³/mol. The van der Waals surface area contributed by atoms with Crippen LogP contribution in [0.2, 0.25) is 0 Å². The number of likely N-dealkylation sites (N-methyl/N-ethyl adjacent to an activating group) is 1. The highest BCUT2D eigenvalue weighted by molar-refractivity contribution is 7.98. The van der Waals surface area contributed by atoms with Crippen LogP contribution in [0.1, 0.15) is 12.2 Å². The van der Waals surface area contributed by atoms with Crippen LogP contribution in [0.5, 0.6) is 0 Å². The number of carboxylic acid groups (broad SMARTS) is 2. The first-order valence-electron chi connectivity index (χ1n) is 6.40. The summed E-state index contributed by atoms with van der Waals surface area (Å²) < 4.78 is 0. The lowest BCUT2D eigenvalue weighted by atomic mass is 10.1. The summed E-state index contributed by atoms with van der Waals surface area (Å²) >= 11 is 1.56. The second-order valence-electron chi connectivity index (χ2n) is 4.44. The second-order valence-corrected chi connectivity index (χ2v) is 5.21. The molecule has 0 unspecified atom stereocenters. The Bertz CT molecular complexity index is 566. The fourth-order valence-corrected chi connectivity index (χ4v) is 2.01. The normalized spacial score (nSPS) is 15.1.